The molecule has 1 aromatic rings. The topological polar surface area (TPSA) is 82.7 Å². The average Bonchev–Trinajstić information content (AvgIpc) is 2.87. The number of rotatable bonds is 7. The van der Waals surface area contributed by atoms with E-state index < -0.39 is 12.0 Å². The van der Waals surface area contributed by atoms with E-state index in [1.165, 1.54) is 77.0 Å². The number of nitrogens with one attached hydrogen (secondary N) is 3. The Morgan fingerprint density at radius 2 is 1.42 bits per heavy atom. The molecule has 3 N–H and O–H groups in total. The molecule has 7 nitrogen and oxygen atoms in total. The van der Waals surface area contributed by atoms with Gasteiger partial charge in [-0.3, -0.25) is 9.69 Å². The Morgan fingerprint density at radius 1 is 0.833 bits per heavy atom. The van der Waals surface area contributed by atoms with E-state index >= 15 is 0 Å². The summed E-state index contributed by atoms with van der Waals surface area (Å²) in [4.78, 5) is 26.9. The van der Waals surface area contributed by atoms with Crippen molar-refractivity contribution in [2.45, 2.75) is 121 Å². The van der Waals surface area contributed by atoms with Gasteiger partial charge in [0.25, 0.3) is 0 Å². The summed E-state index contributed by atoms with van der Waals surface area (Å²) in [6.45, 7) is 1.91. The highest BCUT2D eigenvalue weighted by molar-refractivity contribution is 5.94. The Kier molecular flexibility index (Phi) is 10.3. The maximum absolute atomic E-state index is 12.4. The summed E-state index contributed by atoms with van der Waals surface area (Å²) < 4.78 is 4.88. The minimum Gasteiger partial charge on any atom is -0.465 e. The normalized spacial score (nSPS) is 26.0. The fourth-order valence-electron chi connectivity index (χ4n) is 6.69. The van der Waals surface area contributed by atoms with Crippen LogP contribution in [0.4, 0.5) is 16.2 Å². The average molecular weight is 499 g/mol. The molecule has 2 bridgehead atoms. The van der Waals surface area contributed by atoms with Crippen molar-refractivity contribution in [3.05, 3.63) is 24.3 Å². The molecule has 1 unspecified atom stereocenters. The van der Waals surface area contributed by atoms with Gasteiger partial charge in [-0.05, 0) is 57.6 Å². The smallest absolute Gasteiger partial charge is 0.325 e. The van der Waals surface area contributed by atoms with E-state index in [0.717, 1.165) is 30.3 Å². The van der Waals surface area contributed by atoms with Gasteiger partial charge in [0, 0.05) is 24.2 Å². The maximum Gasteiger partial charge on any atom is 0.325 e. The SMILES string of the molecule is CCOC(=O)CNC(=O)Nc1ccccc1NC1C[C@H]2CCC[C@@H](C1)N2C1CCCCCCCCC1. The highest BCUT2D eigenvalue weighted by Crippen LogP contribution is 2.39. The van der Waals surface area contributed by atoms with Crippen LogP contribution in [0.25, 0.3) is 0 Å². The quantitative estimate of drug-likeness (QED) is 0.398. The Morgan fingerprint density at radius 3 is 2.06 bits per heavy atom. The largest absolute Gasteiger partial charge is 0.465 e. The molecule has 1 saturated carbocycles. The number of anilines is 2. The van der Waals surface area contributed by atoms with Crippen molar-refractivity contribution in [1.82, 2.24) is 10.2 Å². The van der Waals surface area contributed by atoms with Crippen LogP contribution >= 0.6 is 0 Å². The van der Waals surface area contributed by atoms with Crippen LogP contribution in [-0.4, -0.2) is 54.2 Å². The number of carbonyl (C=O) groups excluding carboxylic acids is 2. The summed E-state index contributed by atoms with van der Waals surface area (Å²) in [5.74, 6) is -0.437. The summed E-state index contributed by atoms with van der Waals surface area (Å²) in [5, 5.41) is 9.25. The van der Waals surface area contributed by atoms with Crippen LogP contribution in [0.3, 0.4) is 0 Å². The number of urea groups is 1. The number of benzene rings is 1. The molecule has 1 aliphatic carbocycles. The second kappa shape index (κ2) is 13.9. The fraction of sp³-hybridized carbons (Fsp3) is 0.724. The summed E-state index contributed by atoms with van der Waals surface area (Å²) in [6.07, 6.45) is 18.9. The Bertz CT molecular complexity index is 824. The van der Waals surface area contributed by atoms with Gasteiger partial charge in [0.05, 0.1) is 18.0 Å². The van der Waals surface area contributed by atoms with Crippen molar-refractivity contribution >= 4 is 23.4 Å². The minimum absolute atomic E-state index is 0.141. The first-order valence-corrected chi connectivity index (χ1v) is 14.5. The zero-order valence-electron chi connectivity index (χ0n) is 22.1. The third-order valence-corrected chi connectivity index (χ3v) is 8.26. The molecule has 2 heterocycles. The molecule has 0 aromatic heterocycles. The number of carbonyl (C=O) groups is 2. The highest BCUT2D eigenvalue weighted by Gasteiger charge is 2.41. The molecular weight excluding hydrogens is 452 g/mol. The zero-order valence-corrected chi connectivity index (χ0v) is 22.1. The Labute approximate surface area is 217 Å². The lowest BCUT2D eigenvalue weighted by molar-refractivity contribution is -0.141. The minimum atomic E-state index is -0.437. The predicted octanol–water partition coefficient (Wildman–Crippen LogP) is 6.06. The van der Waals surface area contributed by atoms with Gasteiger partial charge in [0.15, 0.2) is 0 Å². The second-order valence-corrected chi connectivity index (χ2v) is 10.9. The first-order chi connectivity index (χ1) is 17.6. The van der Waals surface area contributed by atoms with E-state index in [9.17, 15) is 9.59 Å². The van der Waals surface area contributed by atoms with Crippen LogP contribution in [0.2, 0.25) is 0 Å². The van der Waals surface area contributed by atoms with Crippen LogP contribution in [0, 0.1) is 0 Å². The number of piperidine rings is 2. The zero-order chi connectivity index (χ0) is 25.2. The van der Waals surface area contributed by atoms with Crippen molar-refractivity contribution < 1.29 is 14.3 Å². The molecule has 3 atom stereocenters. The van der Waals surface area contributed by atoms with Gasteiger partial charge in [0.2, 0.25) is 0 Å². The second-order valence-electron chi connectivity index (χ2n) is 10.9. The molecule has 36 heavy (non-hydrogen) atoms. The van der Waals surface area contributed by atoms with Crippen molar-refractivity contribution in [3.8, 4) is 0 Å². The van der Waals surface area contributed by atoms with Crippen molar-refractivity contribution in [3.63, 3.8) is 0 Å². The van der Waals surface area contributed by atoms with Gasteiger partial charge in [-0.2, -0.15) is 0 Å². The van der Waals surface area contributed by atoms with Crippen molar-refractivity contribution in [1.29, 1.82) is 0 Å². The monoisotopic (exact) mass is 498 g/mol. The fourth-order valence-corrected chi connectivity index (χ4v) is 6.69. The molecule has 1 aromatic carbocycles. The van der Waals surface area contributed by atoms with E-state index in [0.29, 0.717) is 24.7 Å². The molecule has 200 valence electrons. The standard InChI is InChI=1S/C29H46N4O3/c1-2-36-28(34)21-30-29(35)32-27-18-11-10-17-26(27)31-22-19-24-15-12-16-25(20-22)33(24)23-13-8-6-4-3-5-7-9-14-23/h10-11,17-18,22-25,31H,2-9,12-16,19-21H2,1H3,(H2,30,32,35)/t22?,24-,25+. The van der Waals surface area contributed by atoms with Gasteiger partial charge >= 0.3 is 12.0 Å². The third kappa shape index (κ3) is 7.61. The van der Waals surface area contributed by atoms with E-state index in [-0.39, 0.29) is 6.54 Å². The Balaban J connectivity index is 1.36. The van der Waals surface area contributed by atoms with E-state index in [1.54, 1.807) is 6.92 Å². The van der Waals surface area contributed by atoms with E-state index in [4.69, 9.17) is 4.74 Å². The van der Waals surface area contributed by atoms with Gasteiger partial charge in [-0.1, -0.05) is 63.5 Å². The molecule has 0 spiro atoms. The highest BCUT2D eigenvalue weighted by atomic mass is 16.5. The number of fused-ring (bicyclic) bond motifs is 2. The number of hydrogen-bond donors (Lipinski definition) is 3. The number of ether oxygens (including phenoxy) is 1. The van der Waals surface area contributed by atoms with Crippen LogP contribution in [0.15, 0.2) is 24.3 Å². The maximum atomic E-state index is 12.4. The number of nitrogens with zero attached hydrogens (tertiary/aromatic N) is 1. The van der Waals surface area contributed by atoms with Gasteiger partial charge in [-0.15, -0.1) is 0 Å². The van der Waals surface area contributed by atoms with Gasteiger partial charge in [0.1, 0.15) is 6.54 Å². The summed E-state index contributed by atoms with van der Waals surface area (Å²) in [5.41, 5.74) is 1.68. The Hall–Kier alpha value is -2.28. The lowest BCUT2D eigenvalue weighted by Gasteiger charge is -2.53. The first-order valence-electron chi connectivity index (χ1n) is 14.5. The molecule has 3 aliphatic rings. The third-order valence-electron chi connectivity index (χ3n) is 8.26. The first kappa shape index (κ1) is 26.8. The number of amides is 2. The predicted molar refractivity (Wildman–Crippen MR) is 145 cm³/mol. The number of esters is 1. The van der Waals surface area contributed by atoms with Crippen molar-refractivity contribution in [2.75, 3.05) is 23.8 Å². The number of hydrogen-bond acceptors (Lipinski definition) is 5. The van der Waals surface area contributed by atoms with E-state index in [2.05, 4.69) is 20.9 Å². The molecular formula is C29H46N4O3. The molecule has 7 heteroatoms. The summed E-state index contributed by atoms with van der Waals surface area (Å²) >= 11 is 0. The summed E-state index contributed by atoms with van der Waals surface area (Å²) in [7, 11) is 0. The van der Waals surface area contributed by atoms with Gasteiger partial charge in [-0.25, -0.2) is 4.79 Å². The van der Waals surface area contributed by atoms with Crippen LogP contribution in [-0.2, 0) is 9.53 Å². The molecule has 4 rings (SSSR count). The van der Waals surface area contributed by atoms with E-state index in [1.807, 2.05) is 24.3 Å². The van der Waals surface area contributed by atoms with Crippen LogP contribution < -0.4 is 16.0 Å². The molecule has 2 aliphatic heterocycles. The van der Waals surface area contributed by atoms with Crippen LogP contribution in [0.5, 0.6) is 0 Å². The van der Waals surface area contributed by atoms with Gasteiger partial charge < -0.3 is 20.7 Å². The lowest BCUT2D eigenvalue weighted by Crippen LogP contribution is -2.58. The van der Waals surface area contributed by atoms with Crippen molar-refractivity contribution in [2.24, 2.45) is 0 Å². The molecule has 3 fully saturated rings. The molecule has 2 amide bonds. The lowest BCUT2D eigenvalue weighted by atomic mass is 9.79. The van der Waals surface area contributed by atoms with Crippen LogP contribution in [0.1, 0.15) is 96.8 Å². The molecule has 0 radical (unpaired) electrons. The summed E-state index contributed by atoms with van der Waals surface area (Å²) in [6, 6.07) is 9.94. The molecule has 2 saturated heterocycles. The number of para-hydroxylation sites is 2.